The maximum Gasteiger partial charge on any atom is 0.322 e. The zero-order valence-corrected chi connectivity index (χ0v) is 13.4. The Kier molecular flexibility index (Phi) is 7.63. The van der Waals surface area contributed by atoms with Crippen LogP contribution in [0.5, 0.6) is 6.01 Å². The first-order chi connectivity index (χ1) is 10.7. The van der Waals surface area contributed by atoms with Crippen molar-refractivity contribution < 1.29 is 9.84 Å². The van der Waals surface area contributed by atoms with Crippen molar-refractivity contribution in [3.63, 3.8) is 0 Å². The first kappa shape index (κ1) is 17.6. The van der Waals surface area contributed by atoms with Crippen molar-refractivity contribution in [1.82, 2.24) is 15.0 Å². The zero-order chi connectivity index (χ0) is 16.4. The van der Waals surface area contributed by atoms with Crippen LogP contribution in [0.15, 0.2) is 24.3 Å². The molecule has 0 saturated carbocycles. The standard InChI is InChI=1S/C13H17N5O2.C2H6/c1-9-3-5-10(6-4-9)15-12-16-11(14-7-8-19)17-13(18-12)20-2;1-2/h3-6,19H,7-8H2,1-2H3,(H2,14,15,16,17,18);1-2H3. The number of aryl methyl sites for hydroxylation is 1. The van der Waals surface area contributed by atoms with Gasteiger partial charge in [0.2, 0.25) is 11.9 Å². The van der Waals surface area contributed by atoms with E-state index in [1.807, 2.05) is 45.0 Å². The normalized spacial score (nSPS) is 9.50. The van der Waals surface area contributed by atoms with Crippen LogP contribution in [0.4, 0.5) is 17.6 Å². The van der Waals surface area contributed by atoms with E-state index in [1.54, 1.807) is 0 Å². The predicted molar refractivity (Wildman–Crippen MR) is 87.8 cm³/mol. The van der Waals surface area contributed by atoms with Crippen LogP contribution >= 0.6 is 0 Å². The first-order valence-electron chi connectivity index (χ1n) is 7.20. The zero-order valence-electron chi connectivity index (χ0n) is 13.4. The molecule has 1 aromatic carbocycles. The molecule has 0 bridgehead atoms. The topological polar surface area (TPSA) is 92.2 Å². The van der Waals surface area contributed by atoms with Crippen molar-refractivity contribution in [2.75, 3.05) is 30.9 Å². The van der Waals surface area contributed by atoms with Crippen LogP contribution in [0.1, 0.15) is 19.4 Å². The Bertz CT molecular complexity index is 560. The Morgan fingerprint density at radius 1 is 1.05 bits per heavy atom. The average molecular weight is 305 g/mol. The number of methoxy groups -OCH3 is 1. The maximum atomic E-state index is 8.80. The molecule has 0 saturated heterocycles. The molecule has 7 heteroatoms. The van der Waals surface area contributed by atoms with Gasteiger partial charge in [0.15, 0.2) is 0 Å². The molecular weight excluding hydrogens is 282 g/mol. The van der Waals surface area contributed by atoms with E-state index in [2.05, 4.69) is 25.6 Å². The number of rotatable bonds is 6. The summed E-state index contributed by atoms with van der Waals surface area (Å²) in [6, 6.07) is 8.06. The number of aromatic nitrogens is 3. The minimum absolute atomic E-state index is 0.00524. The molecule has 0 aliphatic rings. The van der Waals surface area contributed by atoms with Crippen molar-refractivity contribution in [3.8, 4) is 6.01 Å². The van der Waals surface area contributed by atoms with Crippen LogP contribution in [0, 0.1) is 6.92 Å². The molecule has 0 unspecified atom stereocenters. The van der Waals surface area contributed by atoms with Gasteiger partial charge in [0, 0.05) is 12.2 Å². The number of anilines is 3. The number of ether oxygens (including phenoxy) is 1. The number of hydrogen-bond donors (Lipinski definition) is 3. The second kappa shape index (κ2) is 9.51. The molecule has 1 heterocycles. The van der Waals surface area contributed by atoms with E-state index in [1.165, 1.54) is 12.7 Å². The van der Waals surface area contributed by atoms with Crippen LogP contribution in [-0.4, -0.2) is 40.3 Å². The highest BCUT2D eigenvalue weighted by atomic mass is 16.5. The molecule has 3 N–H and O–H groups in total. The lowest BCUT2D eigenvalue weighted by Gasteiger charge is -2.09. The molecule has 22 heavy (non-hydrogen) atoms. The van der Waals surface area contributed by atoms with Gasteiger partial charge in [-0.1, -0.05) is 31.5 Å². The SMILES string of the molecule is CC.COc1nc(NCCO)nc(Nc2ccc(C)cc2)n1. The number of benzene rings is 1. The molecule has 2 rings (SSSR count). The van der Waals surface area contributed by atoms with Crippen molar-refractivity contribution in [2.24, 2.45) is 0 Å². The van der Waals surface area contributed by atoms with Crippen molar-refractivity contribution in [2.45, 2.75) is 20.8 Å². The summed E-state index contributed by atoms with van der Waals surface area (Å²) in [5, 5.41) is 14.8. The number of nitrogens with zero attached hydrogens (tertiary/aromatic N) is 3. The highest BCUT2D eigenvalue weighted by Crippen LogP contribution is 2.16. The second-order valence-corrected chi connectivity index (χ2v) is 4.11. The van der Waals surface area contributed by atoms with Crippen LogP contribution in [0.2, 0.25) is 0 Å². The molecule has 0 atom stereocenters. The molecule has 2 aromatic rings. The average Bonchev–Trinajstić information content (AvgIpc) is 2.56. The number of aliphatic hydroxyl groups excluding tert-OH is 1. The Hall–Kier alpha value is -2.41. The van der Waals surface area contributed by atoms with Gasteiger partial charge < -0.3 is 20.5 Å². The van der Waals surface area contributed by atoms with Crippen LogP contribution in [0.25, 0.3) is 0 Å². The van der Waals surface area contributed by atoms with Gasteiger partial charge in [-0.25, -0.2) is 0 Å². The lowest BCUT2D eigenvalue weighted by molar-refractivity contribution is 0.310. The molecule has 0 spiro atoms. The van der Waals surface area contributed by atoms with E-state index in [0.717, 1.165) is 5.69 Å². The van der Waals surface area contributed by atoms with E-state index in [0.29, 0.717) is 18.4 Å². The molecule has 0 aliphatic carbocycles. The fourth-order valence-electron chi connectivity index (χ4n) is 1.52. The monoisotopic (exact) mass is 305 g/mol. The third kappa shape index (κ3) is 5.53. The third-order valence-electron chi connectivity index (χ3n) is 2.50. The van der Waals surface area contributed by atoms with E-state index in [-0.39, 0.29) is 12.6 Å². The van der Waals surface area contributed by atoms with Crippen LogP contribution in [-0.2, 0) is 0 Å². The summed E-state index contributed by atoms with van der Waals surface area (Å²) in [6.07, 6.45) is 0. The summed E-state index contributed by atoms with van der Waals surface area (Å²) in [7, 11) is 1.49. The quantitative estimate of drug-likeness (QED) is 0.754. The number of nitrogens with one attached hydrogen (secondary N) is 2. The molecule has 0 aliphatic heterocycles. The molecule has 0 radical (unpaired) electrons. The summed E-state index contributed by atoms with van der Waals surface area (Å²) < 4.78 is 5.03. The minimum Gasteiger partial charge on any atom is -0.467 e. The minimum atomic E-state index is -0.00524. The van der Waals surface area contributed by atoms with E-state index < -0.39 is 0 Å². The Morgan fingerprint density at radius 2 is 1.68 bits per heavy atom. The van der Waals surface area contributed by atoms with E-state index >= 15 is 0 Å². The van der Waals surface area contributed by atoms with Crippen molar-refractivity contribution in [3.05, 3.63) is 29.8 Å². The van der Waals surface area contributed by atoms with E-state index in [9.17, 15) is 0 Å². The van der Waals surface area contributed by atoms with Gasteiger partial charge >= 0.3 is 6.01 Å². The van der Waals surface area contributed by atoms with Gasteiger partial charge in [0.25, 0.3) is 0 Å². The second-order valence-electron chi connectivity index (χ2n) is 4.11. The molecule has 120 valence electrons. The van der Waals surface area contributed by atoms with Gasteiger partial charge in [-0.15, -0.1) is 0 Å². The maximum absolute atomic E-state index is 8.80. The van der Waals surface area contributed by atoms with Gasteiger partial charge in [-0.3, -0.25) is 0 Å². The Morgan fingerprint density at radius 3 is 2.27 bits per heavy atom. The summed E-state index contributed by atoms with van der Waals surface area (Å²) >= 11 is 0. The summed E-state index contributed by atoms with van der Waals surface area (Å²) in [5.74, 6) is 0.724. The van der Waals surface area contributed by atoms with Crippen molar-refractivity contribution >= 4 is 17.6 Å². The highest BCUT2D eigenvalue weighted by Gasteiger charge is 2.06. The highest BCUT2D eigenvalue weighted by molar-refractivity contribution is 5.54. The van der Waals surface area contributed by atoms with Crippen LogP contribution < -0.4 is 15.4 Å². The fourth-order valence-corrected chi connectivity index (χ4v) is 1.52. The summed E-state index contributed by atoms with van der Waals surface area (Å²) in [5.41, 5.74) is 2.05. The molecular formula is C15H23N5O2. The molecule has 7 nitrogen and oxygen atoms in total. The molecule has 0 amide bonds. The Labute approximate surface area is 130 Å². The van der Waals surface area contributed by atoms with Gasteiger partial charge in [-0.2, -0.15) is 15.0 Å². The first-order valence-corrected chi connectivity index (χ1v) is 7.20. The lowest BCUT2D eigenvalue weighted by Crippen LogP contribution is -2.11. The molecule has 1 aromatic heterocycles. The summed E-state index contributed by atoms with van der Waals surface area (Å²) in [4.78, 5) is 12.4. The van der Waals surface area contributed by atoms with E-state index in [4.69, 9.17) is 9.84 Å². The smallest absolute Gasteiger partial charge is 0.322 e. The predicted octanol–water partition coefficient (Wildman–Crippen LogP) is 2.36. The number of aliphatic hydroxyl groups is 1. The largest absolute Gasteiger partial charge is 0.467 e. The fraction of sp³-hybridized carbons (Fsp3) is 0.400. The van der Waals surface area contributed by atoms with Gasteiger partial charge in [-0.05, 0) is 19.1 Å². The van der Waals surface area contributed by atoms with Crippen molar-refractivity contribution in [1.29, 1.82) is 0 Å². The van der Waals surface area contributed by atoms with Gasteiger partial charge in [0.1, 0.15) is 0 Å². The lowest BCUT2D eigenvalue weighted by atomic mass is 10.2. The third-order valence-corrected chi connectivity index (χ3v) is 2.50. The van der Waals surface area contributed by atoms with Gasteiger partial charge in [0.05, 0.1) is 13.7 Å². The summed E-state index contributed by atoms with van der Waals surface area (Å²) in [6.45, 7) is 6.37. The van der Waals surface area contributed by atoms with Crippen LogP contribution in [0.3, 0.4) is 0 Å². The Balaban J connectivity index is 0.00000116. The molecule has 0 fully saturated rings. The number of hydrogen-bond acceptors (Lipinski definition) is 7.